The summed E-state index contributed by atoms with van der Waals surface area (Å²) < 4.78 is 43.5. The first-order chi connectivity index (χ1) is 13.5. The van der Waals surface area contributed by atoms with Crippen molar-refractivity contribution in [2.75, 3.05) is 53.6 Å². The lowest BCUT2D eigenvalue weighted by Crippen LogP contribution is -2.46. The van der Waals surface area contributed by atoms with Crippen molar-refractivity contribution in [2.45, 2.75) is 44.4 Å². The molecule has 2 heterocycles. The summed E-state index contributed by atoms with van der Waals surface area (Å²) in [7, 11) is 3.89. The zero-order valence-corrected chi connectivity index (χ0v) is 17.0. The lowest BCUT2D eigenvalue weighted by Gasteiger charge is -2.38. The van der Waals surface area contributed by atoms with Crippen LogP contribution in [0.4, 0.5) is 13.2 Å². The molecule has 1 saturated carbocycles. The minimum atomic E-state index is -5.08. The average molecular weight is 424 g/mol. The summed E-state index contributed by atoms with van der Waals surface area (Å²) in [6.45, 7) is 4.79. The monoisotopic (exact) mass is 424 g/mol. The number of ether oxygens (including phenoxy) is 2. The van der Waals surface area contributed by atoms with E-state index in [1.807, 2.05) is 23.9 Å². The molecule has 1 unspecified atom stereocenters. The Bertz CT molecular complexity index is 559. The number of rotatable bonds is 6. The Hall–Kier alpha value is -1.39. The fourth-order valence-electron chi connectivity index (χ4n) is 3.60. The first-order valence-electron chi connectivity index (χ1n) is 9.93. The Balaban J connectivity index is 0.000000370. The number of aliphatic carboxylic acids is 1. The Morgan fingerprint density at radius 2 is 1.79 bits per heavy atom. The van der Waals surface area contributed by atoms with Gasteiger partial charge in [-0.1, -0.05) is 0 Å². The van der Waals surface area contributed by atoms with E-state index < -0.39 is 12.1 Å². The van der Waals surface area contributed by atoms with Gasteiger partial charge in [-0.3, -0.25) is 4.79 Å². The number of hydrogen-bond donors (Lipinski definition) is 1. The number of carboxylic acid groups (broad SMARTS) is 1. The summed E-state index contributed by atoms with van der Waals surface area (Å²) in [4.78, 5) is 25.0. The molecule has 1 N–H and O–H groups in total. The van der Waals surface area contributed by atoms with Crippen LogP contribution in [-0.2, 0) is 19.1 Å². The van der Waals surface area contributed by atoms with E-state index in [4.69, 9.17) is 19.4 Å². The van der Waals surface area contributed by atoms with E-state index in [0.29, 0.717) is 12.0 Å². The van der Waals surface area contributed by atoms with Gasteiger partial charge in [-0.2, -0.15) is 13.2 Å². The zero-order chi connectivity index (χ0) is 21.7. The lowest BCUT2D eigenvalue weighted by molar-refractivity contribution is -0.192. The van der Waals surface area contributed by atoms with Gasteiger partial charge in [-0.15, -0.1) is 0 Å². The molecule has 1 spiro atoms. The molecular weight excluding hydrogens is 393 g/mol. The Morgan fingerprint density at radius 3 is 2.28 bits per heavy atom. The number of nitrogens with zero attached hydrogens (tertiary/aromatic N) is 2. The molecule has 1 aliphatic carbocycles. The van der Waals surface area contributed by atoms with Crippen LogP contribution in [0.5, 0.6) is 0 Å². The normalized spacial score (nSPS) is 23.8. The summed E-state index contributed by atoms with van der Waals surface area (Å²) in [5.41, 5.74) is 0.294. The van der Waals surface area contributed by atoms with E-state index in [1.165, 1.54) is 12.8 Å². The quantitative estimate of drug-likeness (QED) is 0.703. The van der Waals surface area contributed by atoms with Gasteiger partial charge in [0, 0.05) is 19.7 Å². The van der Waals surface area contributed by atoms with Gasteiger partial charge in [0.2, 0.25) is 5.91 Å². The number of amides is 1. The van der Waals surface area contributed by atoms with Crippen LogP contribution in [-0.4, -0.2) is 92.6 Å². The van der Waals surface area contributed by atoms with Crippen molar-refractivity contribution >= 4 is 11.9 Å². The van der Waals surface area contributed by atoms with E-state index in [0.717, 1.165) is 58.1 Å². The van der Waals surface area contributed by atoms with E-state index in [9.17, 15) is 18.0 Å². The van der Waals surface area contributed by atoms with Crippen LogP contribution >= 0.6 is 0 Å². The van der Waals surface area contributed by atoms with E-state index in [2.05, 4.69) is 0 Å². The average Bonchev–Trinajstić information content (AvgIpc) is 3.36. The van der Waals surface area contributed by atoms with Gasteiger partial charge in [-0.25, -0.2) is 4.79 Å². The maximum Gasteiger partial charge on any atom is 0.490 e. The molecule has 2 aliphatic heterocycles. The minimum Gasteiger partial charge on any atom is -0.475 e. The summed E-state index contributed by atoms with van der Waals surface area (Å²) >= 11 is 0. The van der Waals surface area contributed by atoms with Crippen LogP contribution in [0.1, 0.15) is 32.1 Å². The second-order valence-electron chi connectivity index (χ2n) is 8.54. The molecular formula is C19H31F3N2O5. The van der Waals surface area contributed by atoms with Crippen LogP contribution in [0.15, 0.2) is 0 Å². The van der Waals surface area contributed by atoms with Gasteiger partial charge in [0.25, 0.3) is 0 Å². The Labute approximate surface area is 169 Å². The van der Waals surface area contributed by atoms with Gasteiger partial charge in [0.05, 0.1) is 25.9 Å². The van der Waals surface area contributed by atoms with E-state index >= 15 is 0 Å². The smallest absolute Gasteiger partial charge is 0.475 e. The fourth-order valence-corrected chi connectivity index (χ4v) is 3.60. The predicted octanol–water partition coefficient (Wildman–Crippen LogP) is 2.01. The summed E-state index contributed by atoms with van der Waals surface area (Å²) in [6.07, 6.45) is 1.12. The highest BCUT2D eigenvalue weighted by Gasteiger charge is 2.43. The largest absolute Gasteiger partial charge is 0.490 e. The Morgan fingerprint density at radius 1 is 1.21 bits per heavy atom. The van der Waals surface area contributed by atoms with E-state index in [-0.39, 0.29) is 12.0 Å². The van der Waals surface area contributed by atoms with Crippen molar-refractivity contribution in [3.05, 3.63) is 0 Å². The number of carbonyl (C=O) groups excluding carboxylic acids is 1. The number of likely N-dealkylation sites (N-methyl/N-ethyl adjacent to an activating group) is 1. The summed E-state index contributed by atoms with van der Waals surface area (Å²) in [5, 5.41) is 7.12. The highest BCUT2D eigenvalue weighted by molar-refractivity contribution is 5.78. The van der Waals surface area contributed by atoms with Crippen LogP contribution in [0.2, 0.25) is 0 Å². The number of alkyl halides is 3. The molecule has 7 nitrogen and oxygen atoms in total. The molecule has 1 amide bonds. The molecule has 168 valence electrons. The van der Waals surface area contributed by atoms with Gasteiger partial charge in [-0.05, 0) is 57.5 Å². The number of carbonyl (C=O) groups is 2. The number of piperidine rings is 1. The lowest BCUT2D eigenvalue weighted by atomic mass is 9.76. The topological polar surface area (TPSA) is 79.3 Å². The van der Waals surface area contributed by atoms with Crippen molar-refractivity contribution in [1.82, 2.24) is 9.80 Å². The molecule has 10 heteroatoms. The maximum atomic E-state index is 12.1. The first kappa shape index (κ1) is 23.9. The minimum absolute atomic E-state index is 0.253. The molecule has 0 aromatic rings. The highest BCUT2D eigenvalue weighted by atomic mass is 19.4. The van der Waals surface area contributed by atoms with Gasteiger partial charge in [0.1, 0.15) is 0 Å². The third-order valence-electron chi connectivity index (χ3n) is 5.51. The first-order valence-corrected chi connectivity index (χ1v) is 9.93. The van der Waals surface area contributed by atoms with Crippen LogP contribution in [0.25, 0.3) is 0 Å². The number of hydrogen-bond acceptors (Lipinski definition) is 5. The van der Waals surface area contributed by atoms with Crippen molar-refractivity contribution in [3.63, 3.8) is 0 Å². The maximum absolute atomic E-state index is 12.1. The molecule has 0 aromatic heterocycles. The Kier molecular flexibility index (Phi) is 8.30. The molecule has 0 aromatic carbocycles. The summed E-state index contributed by atoms with van der Waals surface area (Å²) in [6, 6.07) is 0. The molecule has 3 fully saturated rings. The number of halogens is 3. The second kappa shape index (κ2) is 10.1. The second-order valence-corrected chi connectivity index (χ2v) is 8.54. The standard InChI is InChI=1S/C17H30N2O3.C2HF3O2/c1-18(2)10-16(20)19-7-5-17(6-8-19)9-15(22-13-17)12-21-11-14-3-4-14;3-2(4,5)1(6)7/h14-15H,3-13H2,1-2H3;(H,6,7). The summed E-state index contributed by atoms with van der Waals surface area (Å²) in [5.74, 6) is -1.68. The number of likely N-dealkylation sites (tertiary alicyclic amines) is 1. The third kappa shape index (κ3) is 8.10. The molecule has 2 saturated heterocycles. The van der Waals surface area contributed by atoms with Crippen molar-refractivity contribution in [2.24, 2.45) is 11.3 Å². The molecule has 1 atom stereocenters. The van der Waals surface area contributed by atoms with Crippen LogP contribution in [0.3, 0.4) is 0 Å². The van der Waals surface area contributed by atoms with Crippen LogP contribution in [0, 0.1) is 11.3 Å². The number of carboxylic acids is 1. The van der Waals surface area contributed by atoms with Crippen molar-refractivity contribution in [1.29, 1.82) is 0 Å². The van der Waals surface area contributed by atoms with E-state index in [1.54, 1.807) is 0 Å². The van der Waals surface area contributed by atoms with Gasteiger partial charge >= 0.3 is 12.1 Å². The highest BCUT2D eigenvalue weighted by Crippen LogP contribution is 2.42. The van der Waals surface area contributed by atoms with Crippen LogP contribution < -0.4 is 0 Å². The third-order valence-corrected chi connectivity index (χ3v) is 5.51. The molecule has 29 heavy (non-hydrogen) atoms. The molecule has 3 rings (SSSR count). The predicted molar refractivity (Wildman–Crippen MR) is 98.4 cm³/mol. The fraction of sp³-hybridized carbons (Fsp3) is 0.895. The molecule has 0 bridgehead atoms. The molecule has 0 radical (unpaired) electrons. The van der Waals surface area contributed by atoms with Gasteiger partial charge in [0.15, 0.2) is 0 Å². The van der Waals surface area contributed by atoms with Gasteiger partial charge < -0.3 is 24.4 Å². The van der Waals surface area contributed by atoms with Crippen molar-refractivity contribution < 1.29 is 37.3 Å². The molecule has 3 aliphatic rings. The zero-order valence-electron chi connectivity index (χ0n) is 17.0. The SMILES string of the molecule is CN(C)CC(=O)N1CCC2(CC1)COC(COCC1CC1)C2.O=C(O)C(F)(F)F. The van der Waals surface area contributed by atoms with Crippen molar-refractivity contribution in [3.8, 4) is 0 Å².